The summed E-state index contributed by atoms with van der Waals surface area (Å²) < 4.78 is 39.1. The van der Waals surface area contributed by atoms with Crippen LogP contribution in [0.4, 0.5) is 13.2 Å². The topological polar surface area (TPSA) is 76.1 Å². The summed E-state index contributed by atoms with van der Waals surface area (Å²) in [5.74, 6) is -1.47. The Bertz CT molecular complexity index is 463. The van der Waals surface area contributed by atoms with Gasteiger partial charge in [-0.2, -0.15) is 5.26 Å². The van der Waals surface area contributed by atoms with Crippen LogP contribution in [-0.4, -0.2) is 12.3 Å². The summed E-state index contributed by atoms with van der Waals surface area (Å²) in [7, 11) is 0. The van der Waals surface area contributed by atoms with Crippen LogP contribution in [0.15, 0.2) is 18.2 Å². The summed E-state index contributed by atoms with van der Waals surface area (Å²) in [5, 5.41) is 8.60. The van der Waals surface area contributed by atoms with E-state index in [1.807, 2.05) is 0 Å². The second-order valence-electron chi connectivity index (χ2n) is 2.73. The number of halogens is 3. The van der Waals surface area contributed by atoms with Crippen LogP contribution in [0.3, 0.4) is 0 Å². The van der Waals surface area contributed by atoms with Crippen molar-refractivity contribution in [1.82, 2.24) is 0 Å². The summed E-state index contributed by atoms with van der Waals surface area (Å²) in [6.45, 7) is 0. The molecule has 4 nitrogen and oxygen atoms in total. The Morgan fingerprint density at radius 3 is 2.50 bits per heavy atom. The minimum absolute atomic E-state index is 0.156. The van der Waals surface area contributed by atoms with E-state index in [-0.39, 0.29) is 11.1 Å². The van der Waals surface area contributed by atoms with Gasteiger partial charge in [0.15, 0.2) is 0 Å². The molecule has 0 spiro atoms. The maximum absolute atomic E-state index is 11.8. The third kappa shape index (κ3) is 2.88. The van der Waals surface area contributed by atoms with Crippen molar-refractivity contribution in [3.8, 4) is 11.8 Å². The lowest BCUT2D eigenvalue weighted by Crippen LogP contribution is -2.18. The second-order valence-corrected chi connectivity index (χ2v) is 2.73. The molecular formula is C9H5F3N2O2. The molecule has 1 aromatic carbocycles. The highest BCUT2D eigenvalue weighted by molar-refractivity contribution is 5.95. The van der Waals surface area contributed by atoms with E-state index < -0.39 is 18.0 Å². The molecule has 0 aliphatic rings. The fourth-order valence-electron chi connectivity index (χ4n) is 1.03. The maximum Gasteiger partial charge on any atom is 0.573 e. The van der Waals surface area contributed by atoms with Crippen molar-refractivity contribution in [3.63, 3.8) is 0 Å². The molecule has 0 radical (unpaired) electrons. The van der Waals surface area contributed by atoms with E-state index in [4.69, 9.17) is 11.0 Å². The molecule has 84 valence electrons. The first-order valence-electron chi connectivity index (χ1n) is 3.93. The van der Waals surface area contributed by atoms with Gasteiger partial charge in [0, 0.05) is 0 Å². The predicted octanol–water partition coefficient (Wildman–Crippen LogP) is 1.56. The van der Waals surface area contributed by atoms with Gasteiger partial charge in [0.25, 0.3) is 0 Å². The quantitative estimate of drug-likeness (QED) is 0.837. The van der Waals surface area contributed by atoms with Gasteiger partial charge in [-0.3, -0.25) is 4.79 Å². The first-order valence-corrected chi connectivity index (χ1v) is 3.93. The maximum atomic E-state index is 11.8. The van der Waals surface area contributed by atoms with Gasteiger partial charge in [0.05, 0.1) is 11.1 Å². The molecule has 0 bridgehead atoms. The van der Waals surface area contributed by atoms with Crippen molar-refractivity contribution in [1.29, 1.82) is 5.26 Å². The number of amides is 1. The molecule has 1 amide bonds. The van der Waals surface area contributed by atoms with Gasteiger partial charge in [-0.25, -0.2) is 0 Å². The molecule has 1 rings (SSSR count). The Morgan fingerprint density at radius 2 is 2.06 bits per heavy atom. The van der Waals surface area contributed by atoms with E-state index in [0.29, 0.717) is 0 Å². The molecule has 0 saturated carbocycles. The fraction of sp³-hybridized carbons (Fsp3) is 0.111. The number of nitrogens with two attached hydrogens (primary N) is 1. The molecule has 0 saturated heterocycles. The van der Waals surface area contributed by atoms with Crippen LogP contribution in [0.2, 0.25) is 0 Å². The Balaban J connectivity index is 3.11. The van der Waals surface area contributed by atoms with Gasteiger partial charge in [0.2, 0.25) is 5.91 Å². The fourth-order valence-corrected chi connectivity index (χ4v) is 1.03. The Kier molecular flexibility index (Phi) is 3.04. The third-order valence-electron chi connectivity index (χ3n) is 1.61. The standard InChI is InChI=1S/C9H5F3N2O2/c10-9(11,12)16-6-1-2-7(8(14)15)5(3-6)4-13/h1-3H,(H2,14,15). The number of primary amides is 1. The zero-order valence-electron chi connectivity index (χ0n) is 7.71. The molecule has 1 aromatic rings. The largest absolute Gasteiger partial charge is 0.573 e. The van der Waals surface area contributed by atoms with E-state index in [1.165, 1.54) is 0 Å². The minimum Gasteiger partial charge on any atom is -0.406 e. The first kappa shape index (κ1) is 11.8. The zero-order valence-corrected chi connectivity index (χ0v) is 7.71. The Hall–Kier alpha value is -2.23. The summed E-state index contributed by atoms with van der Waals surface area (Å²) in [6, 6.07) is 4.27. The average Bonchev–Trinajstić information content (AvgIpc) is 2.14. The molecular weight excluding hydrogens is 225 g/mol. The number of ether oxygens (including phenoxy) is 1. The second kappa shape index (κ2) is 4.10. The van der Waals surface area contributed by atoms with E-state index in [1.54, 1.807) is 6.07 Å². The predicted molar refractivity (Wildman–Crippen MR) is 46.4 cm³/mol. The number of alkyl halides is 3. The van der Waals surface area contributed by atoms with Crippen molar-refractivity contribution in [3.05, 3.63) is 29.3 Å². The minimum atomic E-state index is -4.85. The van der Waals surface area contributed by atoms with Crippen molar-refractivity contribution in [2.75, 3.05) is 0 Å². The van der Waals surface area contributed by atoms with Crippen LogP contribution < -0.4 is 10.5 Å². The van der Waals surface area contributed by atoms with Crippen LogP contribution in [-0.2, 0) is 0 Å². The van der Waals surface area contributed by atoms with Gasteiger partial charge in [-0.1, -0.05) is 0 Å². The van der Waals surface area contributed by atoms with Gasteiger partial charge >= 0.3 is 6.36 Å². The van der Waals surface area contributed by atoms with Crippen LogP contribution in [0.5, 0.6) is 5.75 Å². The van der Waals surface area contributed by atoms with Crippen LogP contribution in [0.25, 0.3) is 0 Å². The normalized spacial score (nSPS) is 10.6. The lowest BCUT2D eigenvalue weighted by atomic mass is 10.1. The lowest BCUT2D eigenvalue weighted by molar-refractivity contribution is -0.274. The van der Waals surface area contributed by atoms with E-state index in [0.717, 1.165) is 18.2 Å². The molecule has 0 aliphatic heterocycles. The summed E-state index contributed by atoms with van der Waals surface area (Å²) in [5.41, 5.74) is 4.49. The molecule has 0 atom stereocenters. The zero-order chi connectivity index (χ0) is 12.3. The molecule has 0 unspecified atom stereocenters. The van der Waals surface area contributed by atoms with E-state index in [9.17, 15) is 18.0 Å². The number of hydrogen-bond donors (Lipinski definition) is 1. The van der Waals surface area contributed by atoms with Crippen molar-refractivity contribution < 1.29 is 22.7 Å². The van der Waals surface area contributed by atoms with Gasteiger partial charge in [-0.05, 0) is 18.2 Å². The molecule has 0 aromatic heterocycles. The monoisotopic (exact) mass is 230 g/mol. The third-order valence-corrected chi connectivity index (χ3v) is 1.61. The number of nitrogens with zero attached hydrogens (tertiary/aromatic N) is 1. The number of rotatable bonds is 2. The highest BCUT2D eigenvalue weighted by Gasteiger charge is 2.31. The van der Waals surface area contributed by atoms with Gasteiger partial charge in [-0.15, -0.1) is 13.2 Å². The number of carbonyl (C=O) groups excluding carboxylic acids is 1. The lowest BCUT2D eigenvalue weighted by Gasteiger charge is -2.09. The molecule has 0 fully saturated rings. The molecule has 7 heteroatoms. The van der Waals surface area contributed by atoms with Crippen molar-refractivity contribution in [2.45, 2.75) is 6.36 Å². The van der Waals surface area contributed by atoms with Crippen molar-refractivity contribution >= 4 is 5.91 Å². The summed E-state index contributed by atoms with van der Waals surface area (Å²) in [6.07, 6.45) is -4.85. The van der Waals surface area contributed by atoms with Crippen LogP contribution >= 0.6 is 0 Å². The molecule has 2 N–H and O–H groups in total. The number of carbonyl (C=O) groups is 1. The van der Waals surface area contributed by atoms with Crippen LogP contribution in [0.1, 0.15) is 15.9 Å². The average molecular weight is 230 g/mol. The summed E-state index contributed by atoms with van der Waals surface area (Å²) in [4.78, 5) is 10.8. The summed E-state index contributed by atoms with van der Waals surface area (Å²) >= 11 is 0. The number of benzene rings is 1. The SMILES string of the molecule is N#Cc1cc(OC(F)(F)F)ccc1C(N)=O. The molecule has 0 heterocycles. The van der Waals surface area contributed by atoms with E-state index in [2.05, 4.69) is 4.74 Å². The highest BCUT2D eigenvalue weighted by Crippen LogP contribution is 2.24. The number of nitriles is 1. The Labute approximate surface area is 88.0 Å². The first-order chi connectivity index (χ1) is 7.33. The smallest absolute Gasteiger partial charge is 0.406 e. The molecule has 16 heavy (non-hydrogen) atoms. The van der Waals surface area contributed by atoms with Gasteiger partial charge < -0.3 is 10.5 Å². The van der Waals surface area contributed by atoms with Gasteiger partial charge in [0.1, 0.15) is 11.8 Å². The van der Waals surface area contributed by atoms with Crippen molar-refractivity contribution in [2.24, 2.45) is 5.73 Å². The molecule has 0 aliphatic carbocycles. The highest BCUT2D eigenvalue weighted by atomic mass is 19.4. The number of hydrogen-bond acceptors (Lipinski definition) is 3. The van der Waals surface area contributed by atoms with E-state index >= 15 is 0 Å². The van der Waals surface area contributed by atoms with Crippen LogP contribution in [0, 0.1) is 11.3 Å². The Morgan fingerprint density at radius 1 is 1.44 bits per heavy atom.